The van der Waals surface area contributed by atoms with Crippen LogP contribution < -0.4 is 5.32 Å². The van der Waals surface area contributed by atoms with E-state index in [0.29, 0.717) is 12.8 Å². The minimum Gasteiger partial charge on any atom is -0.480 e. The molecule has 0 spiro atoms. The van der Waals surface area contributed by atoms with E-state index in [1.54, 1.807) is 6.92 Å². The number of ether oxygens (including phenoxy) is 1. The van der Waals surface area contributed by atoms with E-state index in [1.807, 2.05) is 30.3 Å². The molecule has 0 saturated carbocycles. The van der Waals surface area contributed by atoms with Crippen LogP contribution in [-0.4, -0.2) is 70.2 Å². The second-order valence-corrected chi connectivity index (χ2v) is 7.43. The number of amides is 2. The van der Waals surface area contributed by atoms with E-state index >= 15 is 0 Å². The lowest BCUT2D eigenvalue weighted by Gasteiger charge is -2.31. The van der Waals surface area contributed by atoms with Crippen LogP contribution in [0.3, 0.4) is 0 Å². The lowest BCUT2D eigenvalue weighted by atomic mass is 10.0. The fraction of sp³-hybridized carbons (Fsp3) is 0.524. The van der Waals surface area contributed by atoms with Crippen LogP contribution in [0.2, 0.25) is 0 Å². The van der Waals surface area contributed by atoms with Gasteiger partial charge < -0.3 is 9.84 Å². The first-order chi connectivity index (χ1) is 14.4. The highest BCUT2D eigenvalue weighted by Crippen LogP contribution is 2.26. The number of aryl methyl sites for hydroxylation is 1. The minimum atomic E-state index is -1.15. The van der Waals surface area contributed by atoms with E-state index in [0.717, 1.165) is 10.6 Å². The zero-order chi connectivity index (χ0) is 21.7. The van der Waals surface area contributed by atoms with Crippen LogP contribution in [0.5, 0.6) is 0 Å². The Bertz CT molecular complexity index is 799. The van der Waals surface area contributed by atoms with Gasteiger partial charge in [-0.05, 0) is 31.7 Å². The molecule has 2 N–H and O–H groups in total. The van der Waals surface area contributed by atoms with Gasteiger partial charge in [0, 0.05) is 19.4 Å². The highest BCUT2D eigenvalue weighted by atomic mass is 16.5. The number of hydrazine groups is 1. The number of aliphatic carboxylic acids is 1. The zero-order valence-electron chi connectivity index (χ0n) is 17.0. The molecule has 30 heavy (non-hydrogen) atoms. The van der Waals surface area contributed by atoms with Gasteiger partial charge in [0.05, 0.1) is 12.6 Å². The molecule has 162 valence electrons. The number of carbonyl (C=O) groups excluding carboxylic acids is 3. The Hall–Kier alpha value is -2.94. The quantitative estimate of drug-likeness (QED) is 0.599. The average molecular weight is 417 g/mol. The monoisotopic (exact) mass is 417 g/mol. The maximum atomic E-state index is 13.1. The molecule has 0 aliphatic carbocycles. The summed E-state index contributed by atoms with van der Waals surface area (Å²) in [6.45, 7) is 2.12. The molecule has 9 nitrogen and oxygen atoms in total. The number of fused-ring (bicyclic) bond motifs is 1. The molecule has 0 bridgehead atoms. The van der Waals surface area contributed by atoms with E-state index in [4.69, 9.17) is 4.74 Å². The summed E-state index contributed by atoms with van der Waals surface area (Å²) >= 11 is 0. The third-order valence-corrected chi connectivity index (χ3v) is 5.45. The molecule has 3 atom stereocenters. The van der Waals surface area contributed by atoms with Crippen LogP contribution in [0.25, 0.3) is 0 Å². The molecule has 1 aromatic rings. The minimum absolute atomic E-state index is 0.0977. The van der Waals surface area contributed by atoms with Crippen molar-refractivity contribution < 1.29 is 29.0 Å². The van der Waals surface area contributed by atoms with Gasteiger partial charge in [-0.2, -0.15) is 0 Å². The van der Waals surface area contributed by atoms with Gasteiger partial charge in [-0.1, -0.05) is 30.3 Å². The Morgan fingerprint density at radius 3 is 2.63 bits per heavy atom. The third-order valence-electron chi connectivity index (χ3n) is 5.45. The smallest absolute Gasteiger partial charge is 0.328 e. The van der Waals surface area contributed by atoms with Gasteiger partial charge in [0.15, 0.2) is 6.04 Å². The summed E-state index contributed by atoms with van der Waals surface area (Å²) in [6, 6.07) is 6.98. The van der Waals surface area contributed by atoms with Gasteiger partial charge in [-0.15, -0.1) is 0 Å². The molecule has 3 rings (SSSR count). The number of carbonyl (C=O) groups is 4. The summed E-state index contributed by atoms with van der Waals surface area (Å²) in [5, 5.41) is 14.8. The van der Waals surface area contributed by atoms with Gasteiger partial charge in [-0.3, -0.25) is 24.7 Å². The molecule has 2 aliphatic heterocycles. The number of rotatable bonds is 8. The van der Waals surface area contributed by atoms with E-state index in [-0.39, 0.29) is 38.3 Å². The first kappa shape index (κ1) is 21.8. The fourth-order valence-electron chi connectivity index (χ4n) is 3.93. The molecule has 2 heterocycles. The van der Waals surface area contributed by atoms with Gasteiger partial charge >= 0.3 is 11.9 Å². The van der Waals surface area contributed by atoms with Gasteiger partial charge in [0.2, 0.25) is 5.91 Å². The van der Waals surface area contributed by atoms with Crippen LogP contribution in [0.4, 0.5) is 0 Å². The Kier molecular flexibility index (Phi) is 7.04. The summed E-state index contributed by atoms with van der Waals surface area (Å²) in [4.78, 5) is 49.6. The van der Waals surface area contributed by atoms with Crippen LogP contribution in [-0.2, 0) is 30.3 Å². The van der Waals surface area contributed by atoms with Crippen molar-refractivity contribution in [2.75, 3.05) is 13.2 Å². The lowest BCUT2D eigenvalue weighted by Crippen LogP contribution is -2.56. The molecule has 0 unspecified atom stereocenters. The summed E-state index contributed by atoms with van der Waals surface area (Å²) in [7, 11) is 0. The van der Waals surface area contributed by atoms with Crippen molar-refractivity contribution in [3.63, 3.8) is 0 Å². The summed E-state index contributed by atoms with van der Waals surface area (Å²) in [5.74, 6) is -2.40. The molecular formula is C21H27N3O6. The average Bonchev–Trinajstić information content (AvgIpc) is 3.15. The van der Waals surface area contributed by atoms with Crippen molar-refractivity contribution in [2.45, 2.75) is 57.2 Å². The van der Waals surface area contributed by atoms with Gasteiger partial charge in [0.1, 0.15) is 6.04 Å². The number of nitrogens with one attached hydrogen (secondary N) is 1. The van der Waals surface area contributed by atoms with Crippen LogP contribution in [0.1, 0.15) is 38.2 Å². The first-order valence-corrected chi connectivity index (χ1v) is 10.2. The molecule has 2 saturated heterocycles. The molecular weight excluding hydrogens is 390 g/mol. The van der Waals surface area contributed by atoms with E-state index in [1.165, 1.54) is 5.01 Å². The second-order valence-electron chi connectivity index (χ2n) is 7.43. The second kappa shape index (κ2) is 9.71. The summed E-state index contributed by atoms with van der Waals surface area (Å²) in [6.07, 6.45) is 1.49. The predicted molar refractivity (Wildman–Crippen MR) is 106 cm³/mol. The Morgan fingerprint density at radius 1 is 1.23 bits per heavy atom. The number of esters is 1. The van der Waals surface area contributed by atoms with Crippen molar-refractivity contribution in [1.29, 1.82) is 0 Å². The SMILES string of the molecule is CCOC(=O)[C@H](CCc1ccccc1)N[C@H]1CCC(=O)N2CC[C@@H](C(=O)O)N2C1=O. The maximum absolute atomic E-state index is 13.1. The Morgan fingerprint density at radius 2 is 1.97 bits per heavy atom. The summed E-state index contributed by atoms with van der Waals surface area (Å²) < 4.78 is 5.17. The van der Waals surface area contributed by atoms with E-state index in [2.05, 4.69) is 5.32 Å². The van der Waals surface area contributed by atoms with E-state index in [9.17, 15) is 24.3 Å². The maximum Gasteiger partial charge on any atom is 0.328 e. The van der Waals surface area contributed by atoms with Crippen molar-refractivity contribution in [3.05, 3.63) is 35.9 Å². The number of nitrogens with zero attached hydrogens (tertiary/aromatic N) is 2. The molecule has 0 aromatic heterocycles. The van der Waals surface area contributed by atoms with Crippen LogP contribution >= 0.6 is 0 Å². The highest BCUT2D eigenvalue weighted by Gasteiger charge is 2.47. The van der Waals surface area contributed by atoms with Crippen molar-refractivity contribution in [1.82, 2.24) is 15.3 Å². The number of hydrogen-bond donors (Lipinski definition) is 2. The molecule has 0 radical (unpaired) electrons. The molecule has 2 amide bonds. The largest absolute Gasteiger partial charge is 0.480 e. The van der Waals surface area contributed by atoms with E-state index < -0.39 is 36.0 Å². The van der Waals surface area contributed by atoms with Crippen molar-refractivity contribution >= 4 is 23.8 Å². The third kappa shape index (κ3) is 4.79. The predicted octanol–water partition coefficient (Wildman–Crippen LogP) is 0.732. The van der Waals surface area contributed by atoms with Gasteiger partial charge in [0.25, 0.3) is 5.91 Å². The molecule has 1 aromatic carbocycles. The molecule has 9 heteroatoms. The molecule has 2 fully saturated rings. The van der Waals surface area contributed by atoms with Crippen LogP contribution in [0, 0.1) is 0 Å². The van der Waals surface area contributed by atoms with Crippen LogP contribution in [0.15, 0.2) is 30.3 Å². The molecule has 2 aliphatic rings. The summed E-state index contributed by atoms with van der Waals surface area (Å²) in [5.41, 5.74) is 1.05. The lowest BCUT2D eigenvalue weighted by molar-refractivity contribution is -0.166. The fourth-order valence-corrected chi connectivity index (χ4v) is 3.93. The number of hydrogen-bond acceptors (Lipinski definition) is 6. The first-order valence-electron chi connectivity index (χ1n) is 10.2. The highest BCUT2D eigenvalue weighted by molar-refractivity contribution is 5.92. The topological polar surface area (TPSA) is 116 Å². The Balaban J connectivity index is 1.76. The van der Waals surface area contributed by atoms with Crippen molar-refractivity contribution in [2.24, 2.45) is 0 Å². The van der Waals surface area contributed by atoms with Crippen molar-refractivity contribution in [3.8, 4) is 0 Å². The Labute approximate surface area is 174 Å². The number of benzene rings is 1. The standard InChI is InChI=1S/C21H27N3O6/c1-2-30-21(29)16(9-8-14-6-4-3-5-7-14)22-15-10-11-18(25)23-13-12-17(20(27)28)24(23)19(15)26/h3-7,15-17,22H,2,8-13H2,1H3,(H,27,28)/t15-,16-,17-/m0/s1. The van der Waals surface area contributed by atoms with Gasteiger partial charge in [-0.25, -0.2) is 9.80 Å². The number of carboxylic acid groups (broad SMARTS) is 1. The normalized spacial score (nSPS) is 22.4. The zero-order valence-corrected chi connectivity index (χ0v) is 17.0. The number of carboxylic acids is 1.